The summed E-state index contributed by atoms with van der Waals surface area (Å²) in [6, 6.07) is 14.3. The average molecular weight is 423 g/mol. The summed E-state index contributed by atoms with van der Waals surface area (Å²) in [6.07, 6.45) is 1.75. The SMILES string of the molecule is CCc1cc2cc(OC)c(OC)cc2nc1SCC(=O)N1c2ccccc2C[C@H]1C. The van der Waals surface area contributed by atoms with Crippen molar-refractivity contribution in [3.63, 3.8) is 0 Å². The second kappa shape index (κ2) is 8.56. The van der Waals surface area contributed by atoms with E-state index in [1.807, 2.05) is 35.2 Å². The Morgan fingerprint density at radius 2 is 1.90 bits per heavy atom. The van der Waals surface area contributed by atoms with E-state index in [9.17, 15) is 4.79 Å². The van der Waals surface area contributed by atoms with E-state index in [2.05, 4.69) is 26.0 Å². The molecule has 1 aliphatic rings. The van der Waals surface area contributed by atoms with Crippen LogP contribution in [0.2, 0.25) is 0 Å². The zero-order chi connectivity index (χ0) is 21.3. The molecule has 0 fully saturated rings. The lowest BCUT2D eigenvalue weighted by atomic mass is 10.1. The van der Waals surface area contributed by atoms with Crippen LogP contribution in [-0.2, 0) is 17.6 Å². The number of benzene rings is 2. The highest BCUT2D eigenvalue weighted by atomic mass is 32.2. The van der Waals surface area contributed by atoms with Crippen LogP contribution in [0.4, 0.5) is 5.69 Å². The van der Waals surface area contributed by atoms with E-state index in [1.165, 1.54) is 17.3 Å². The summed E-state index contributed by atoms with van der Waals surface area (Å²) in [5, 5.41) is 1.90. The number of para-hydroxylation sites is 1. The predicted octanol–water partition coefficient (Wildman–Crippen LogP) is 4.88. The maximum Gasteiger partial charge on any atom is 0.237 e. The Balaban J connectivity index is 1.59. The molecule has 0 aliphatic carbocycles. The van der Waals surface area contributed by atoms with Crippen molar-refractivity contribution in [2.45, 2.75) is 37.8 Å². The number of anilines is 1. The normalized spacial score (nSPS) is 15.3. The summed E-state index contributed by atoms with van der Waals surface area (Å²) in [5.74, 6) is 1.81. The van der Waals surface area contributed by atoms with Gasteiger partial charge in [-0.3, -0.25) is 4.79 Å². The molecule has 156 valence electrons. The van der Waals surface area contributed by atoms with Crippen LogP contribution in [0.15, 0.2) is 47.5 Å². The molecule has 0 saturated carbocycles. The molecular weight excluding hydrogens is 396 g/mol. The molecule has 0 spiro atoms. The van der Waals surface area contributed by atoms with Crippen molar-refractivity contribution in [3.05, 3.63) is 53.6 Å². The second-order valence-electron chi connectivity index (χ2n) is 7.44. The van der Waals surface area contributed by atoms with Gasteiger partial charge in [0.2, 0.25) is 5.91 Å². The third-order valence-electron chi connectivity index (χ3n) is 5.55. The molecule has 30 heavy (non-hydrogen) atoms. The number of ether oxygens (including phenoxy) is 2. The summed E-state index contributed by atoms with van der Waals surface area (Å²) in [5.41, 5.74) is 4.24. The molecule has 5 nitrogen and oxygen atoms in total. The van der Waals surface area contributed by atoms with Gasteiger partial charge in [-0.05, 0) is 49.1 Å². The van der Waals surface area contributed by atoms with Crippen LogP contribution in [0.1, 0.15) is 25.0 Å². The maximum absolute atomic E-state index is 13.1. The number of rotatable bonds is 6. The third kappa shape index (κ3) is 3.72. The summed E-state index contributed by atoms with van der Waals surface area (Å²) >= 11 is 1.51. The zero-order valence-corrected chi connectivity index (χ0v) is 18.6. The minimum Gasteiger partial charge on any atom is -0.493 e. The standard InChI is InChI=1S/C24H26N2O3S/c1-5-16-11-18-12-21(28-3)22(29-4)13-19(18)25-24(16)30-14-23(27)26-15(2)10-17-8-6-7-9-20(17)26/h6-9,11-13,15H,5,10,14H2,1-4H3/t15-/m1/s1. The van der Waals surface area contributed by atoms with E-state index in [1.54, 1.807) is 14.2 Å². The van der Waals surface area contributed by atoms with Gasteiger partial charge in [-0.25, -0.2) is 4.98 Å². The van der Waals surface area contributed by atoms with Gasteiger partial charge in [0.1, 0.15) is 5.03 Å². The number of aromatic nitrogens is 1. The Hall–Kier alpha value is -2.73. The van der Waals surface area contributed by atoms with Gasteiger partial charge in [-0.1, -0.05) is 36.9 Å². The monoisotopic (exact) mass is 422 g/mol. The summed E-state index contributed by atoms with van der Waals surface area (Å²) in [7, 11) is 3.25. The molecule has 0 bridgehead atoms. The number of hydrogen-bond donors (Lipinski definition) is 0. The molecule has 0 radical (unpaired) electrons. The summed E-state index contributed by atoms with van der Waals surface area (Å²) in [4.78, 5) is 19.9. The number of amides is 1. The molecule has 1 aromatic heterocycles. The van der Waals surface area contributed by atoms with Crippen LogP contribution < -0.4 is 14.4 Å². The van der Waals surface area contributed by atoms with Crippen LogP contribution in [0.5, 0.6) is 11.5 Å². The molecule has 0 unspecified atom stereocenters. The number of nitrogens with zero attached hydrogens (tertiary/aromatic N) is 2. The van der Waals surface area contributed by atoms with E-state index in [0.29, 0.717) is 17.3 Å². The fourth-order valence-electron chi connectivity index (χ4n) is 4.05. The van der Waals surface area contributed by atoms with Crippen molar-refractivity contribution in [2.75, 3.05) is 24.9 Å². The number of methoxy groups -OCH3 is 2. The van der Waals surface area contributed by atoms with Gasteiger partial charge in [-0.15, -0.1) is 0 Å². The smallest absolute Gasteiger partial charge is 0.237 e. The molecule has 2 aromatic carbocycles. The Morgan fingerprint density at radius 3 is 2.63 bits per heavy atom. The van der Waals surface area contributed by atoms with Crippen LogP contribution in [0.3, 0.4) is 0 Å². The molecule has 1 aliphatic heterocycles. The molecule has 6 heteroatoms. The van der Waals surface area contributed by atoms with E-state index >= 15 is 0 Å². The Labute approximate surface area is 181 Å². The van der Waals surface area contributed by atoms with Gasteiger partial charge in [0, 0.05) is 23.2 Å². The number of pyridine rings is 1. The van der Waals surface area contributed by atoms with Gasteiger partial charge in [0.15, 0.2) is 11.5 Å². The van der Waals surface area contributed by atoms with Gasteiger partial charge >= 0.3 is 0 Å². The van der Waals surface area contributed by atoms with Crippen molar-refractivity contribution < 1.29 is 14.3 Å². The average Bonchev–Trinajstić information content (AvgIpc) is 3.11. The number of carbonyl (C=O) groups is 1. The Morgan fingerprint density at radius 1 is 1.17 bits per heavy atom. The Kier molecular flexibility index (Phi) is 5.86. The molecule has 0 saturated heterocycles. The Bertz CT molecular complexity index is 1100. The first kappa shape index (κ1) is 20.5. The zero-order valence-electron chi connectivity index (χ0n) is 17.8. The van der Waals surface area contributed by atoms with Crippen molar-refractivity contribution in [1.82, 2.24) is 4.98 Å². The largest absolute Gasteiger partial charge is 0.493 e. The number of fused-ring (bicyclic) bond motifs is 2. The first-order valence-electron chi connectivity index (χ1n) is 10.1. The molecular formula is C24H26N2O3S. The maximum atomic E-state index is 13.1. The molecule has 1 amide bonds. The number of hydrogen-bond acceptors (Lipinski definition) is 5. The lowest BCUT2D eigenvalue weighted by Gasteiger charge is -2.22. The van der Waals surface area contributed by atoms with Crippen molar-refractivity contribution in [2.24, 2.45) is 0 Å². The quantitative estimate of drug-likeness (QED) is 0.530. The third-order valence-corrected chi connectivity index (χ3v) is 6.57. The fourth-order valence-corrected chi connectivity index (χ4v) is 5.00. The van der Waals surface area contributed by atoms with E-state index in [4.69, 9.17) is 14.5 Å². The second-order valence-corrected chi connectivity index (χ2v) is 8.40. The topological polar surface area (TPSA) is 51.7 Å². The van der Waals surface area contributed by atoms with Crippen LogP contribution >= 0.6 is 11.8 Å². The van der Waals surface area contributed by atoms with Gasteiger partial charge < -0.3 is 14.4 Å². The molecule has 2 heterocycles. The van der Waals surface area contributed by atoms with Crippen LogP contribution in [0, 0.1) is 0 Å². The van der Waals surface area contributed by atoms with E-state index in [0.717, 1.165) is 40.0 Å². The van der Waals surface area contributed by atoms with Crippen molar-refractivity contribution in [3.8, 4) is 11.5 Å². The number of carbonyl (C=O) groups excluding carboxylic acids is 1. The predicted molar refractivity (Wildman–Crippen MR) is 122 cm³/mol. The van der Waals surface area contributed by atoms with Gasteiger partial charge in [0.05, 0.1) is 25.5 Å². The molecule has 0 N–H and O–H groups in total. The molecule has 4 rings (SSSR count). The molecule has 3 aromatic rings. The highest BCUT2D eigenvalue weighted by molar-refractivity contribution is 8.00. The van der Waals surface area contributed by atoms with Crippen LogP contribution in [0.25, 0.3) is 10.9 Å². The highest BCUT2D eigenvalue weighted by Gasteiger charge is 2.30. The first-order valence-corrected chi connectivity index (χ1v) is 11.1. The van der Waals surface area contributed by atoms with Gasteiger partial charge in [-0.2, -0.15) is 0 Å². The van der Waals surface area contributed by atoms with Crippen molar-refractivity contribution >= 4 is 34.3 Å². The minimum absolute atomic E-state index is 0.119. The lowest BCUT2D eigenvalue weighted by molar-refractivity contribution is -0.116. The summed E-state index contributed by atoms with van der Waals surface area (Å²) < 4.78 is 10.8. The van der Waals surface area contributed by atoms with Crippen molar-refractivity contribution in [1.29, 1.82) is 0 Å². The number of aryl methyl sites for hydroxylation is 1. The number of thioether (sulfide) groups is 1. The van der Waals surface area contributed by atoms with Gasteiger partial charge in [0.25, 0.3) is 0 Å². The van der Waals surface area contributed by atoms with Crippen LogP contribution in [-0.4, -0.2) is 36.9 Å². The first-order chi connectivity index (χ1) is 14.5. The lowest BCUT2D eigenvalue weighted by Crippen LogP contribution is -2.37. The molecule has 1 atom stereocenters. The highest BCUT2D eigenvalue weighted by Crippen LogP contribution is 2.35. The fraction of sp³-hybridized carbons (Fsp3) is 0.333. The minimum atomic E-state index is 0.119. The summed E-state index contributed by atoms with van der Waals surface area (Å²) in [6.45, 7) is 4.21. The van der Waals surface area contributed by atoms with E-state index < -0.39 is 0 Å². The van der Waals surface area contributed by atoms with E-state index in [-0.39, 0.29) is 11.9 Å².